The summed E-state index contributed by atoms with van der Waals surface area (Å²) >= 11 is 0. The minimum atomic E-state index is 0.211. The molecule has 0 heteroatoms. The zero-order valence-corrected chi connectivity index (χ0v) is 30.9. The van der Waals surface area contributed by atoms with Crippen molar-refractivity contribution in [3.8, 4) is 0 Å². The summed E-state index contributed by atoms with van der Waals surface area (Å²) in [6, 6.07) is 79.6. The van der Waals surface area contributed by atoms with Crippen LogP contribution in [-0.2, 0) is 0 Å². The minimum absolute atomic E-state index is 0.211. The fraction of sp³-hybridized carbons (Fsp3) is 0.0357. The Morgan fingerprint density at radius 3 is 0.482 bits per heavy atom. The van der Waals surface area contributed by atoms with E-state index in [0.29, 0.717) is 0 Å². The molecular formula is C56H38. The molecule has 14 rings (SSSR count). The lowest BCUT2D eigenvalue weighted by molar-refractivity contribution is 0.761. The average Bonchev–Trinajstić information content (AvgIpc) is 3.26. The average molecular weight is 711 g/mol. The van der Waals surface area contributed by atoms with Crippen LogP contribution in [0.3, 0.4) is 0 Å². The Bertz CT molecular complexity index is 2680. The maximum Gasteiger partial charge on any atom is 0.0349 e. The summed E-state index contributed by atoms with van der Waals surface area (Å²) in [5.74, 6) is 0.422. The van der Waals surface area contributed by atoms with Crippen LogP contribution in [0.5, 0.6) is 0 Å². The molecule has 0 N–H and O–H groups in total. The van der Waals surface area contributed by atoms with Crippen LogP contribution in [0.2, 0.25) is 0 Å². The van der Waals surface area contributed by atoms with Crippen LogP contribution in [0.1, 0.15) is 45.2 Å². The first-order valence-corrected chi connectivity index (χ1v) is 19.6. The Kier molecular flexibility index (Phi) is 7.74. The van der Waals surface area contributed by atoms with Crippen LogP contribution < -0.4 is 0 Å². The molecule has 2 bridgehead atoms. The van der Waals surface area contributed by atoms with E-state index in [0.717, 1.165) is 0 Å². The quantitative estimate of drug-likeness (QED) is 0.137. The van der Waals surface area contributed by atoms with Gasteiger partial charge >= 0.3 is 0 Å². The van der Waals surface area contributed by atoms with Gasteiger partial charge in [-0.2, -0.15) is 0 Å². The highest BCUT2D eigenvalue weighted by atomic mass is 14.4. The molecule has 0 unspecified atom stereocenters. The van der Waals surface area contributed by atoms with Gasteiger partial charge in [-0.15, -0.1) is 0 Å². The van der Waals surface area contributed by atoms with Crippen LogP contribution >= 0.6 is 0 Å². The van der Waals surface area contributed by atoms with Crippen molar-refractivity contribution in [3.05, 3.63) is 252 Å². The minimum Gasteiger partial charge on any atom is -0.0623 e. The lowest BCUT2D eigenvalue weighted by Crippen LogP contribution is -2.27. The molecule has 0 amide bonds. The van der Waals surface area contributed by atoms with Gasteiger partial charge in [0.15, 0.2) is 0 Å². The van der Waals surface area contributed by atoms with E-state index in [-0.39, 0.29) is 11.8 Å². The van der Waals surface area contributed by atoms with Crippen LogP contribution in [0.25, 0.3) is 64.6 Å². The molecule has 0 spiro atoms. The largest absolute Gasteiger partial charge is 0.0623 e. The molecule has 56 heavy (non-hydrogen) atoms. The number of hydrogen-bond acceptors (Lipinski definition) is 0. The van der Waals surface area contributed by atoms with E-state index in [9.17, 15) is 0 Å². The van der Waals surface area contributed by atoms with Gasteiger partial charge in [0, 0.05) is 11.8 Å². The summed E-state index contributed by atoms with van der Waals surface area (Å²) in [5.41, 5.74) is 8.82. The molecule has 0 saturated carbocycles. The normalized spacial score (nSPS) is 14.8. The van der Waals surface area contributed by atoms with Gasteiger partial charge in [0.25, 0.3) is 0 Å². The molecule has 3 aliphatic carbocycles. The molecular weight excluding hydrogens is 673 g/mol. The molecule has 0 fully saturated rings. The SMILES string of the molecule is c1ccc2cc3cc4c(cc3cc2c1)C1c2cc3cc5ccccc5cc3cc2C4c2cc3cc4ccccc4cc3cc21.c1ccccc1.c1ccccc1. The second-order valence-corrected chi connectivity index (χ2v) is 15.3. The highest BCUT2D eigenvalue weighted by Gasteiger charge is 2.42. The van der Waals surface area contributed by atoms with Gasteiger partial charge in [-0.25, -0.2) is 0 Å². The molecule has 0 aromatic heterocycles. The van der Waals surface area contributed by atoms with Crippen molar-refractivity contribution in [3.63, 3.8) is 0 Å². The molecule has 0 aliphatic heterocycles. The molecule has 0 radical (unpaired) electrons. The first kappa shape index (κ1) is 32.4. The van der Waals surface area contributed by atoms with E-state index in [1.807, 2.05) is 72.8 Å². The van der Waals surface area contributed by atoms with Crippen molar-refractivity contribution in [2.24, 2.45) is 0 Å². The van der Waals surface area contributed by atoms with Crippen LogP contribution in [0, 0.1) is 0 Å². The van der Waals surface area contributed by atoms with E-state index in [1.54, 1.807) is 0 Å². The van der Waals surface area contributed by atoms with E-state index in [1.165, 1.54) is 98.0 Å². The first-order chi connectivity index (χ1) is 27.7. The molecule has 262 valence electrons. The van der Waals surface area contributed by atoms with Gasteiger partial charge in [0.05, 0.1) is 0 Å². The van der Waals surface area contributed by atoms with Crippen molar-refractivity contribution in [1.29, 1.82) is 0 Å². The molecule has 3 aliphatic rings. The maximum atomic E-state index is 2.51. The molecule has 11 aromatic rings. The molecule has 0 atom stereocenters. The lowest BCUT2D eigenvalue weighted by atomic mass is 9.60. The summed E-state index contributed by atoms with van der Waals surface area (Å²) in [7, 11) is 0. The summed E-state index contributed by atoms with van der Waals surface area (Å²) in [6.45, 7) is 0. The van der Waals surface area contributed by atoms with Gasteiger partial charge in [-0.3, -0.25) is 0 Å². The van der Waals surface area contributed by atoms with Crippen molar-refractivity contribution >= 4 is 64.6 Å². The first-order valence-electron chi connectivity index (χ1n) is 19.6. The van der Waals surface area contributed by atoms with Crippen LogP contribution in [0.4, 0.5) is 0 Å². The van der Waals surface area contributed by atoms with Gasteiger partial charge in [0.1, 0.15) is 0 Å². The van der Waals surface area contributed by atoms with Crippen LogP contribution in [-0.4, -0.2) is 0 Å². The Morgan fingerprint density at radius 2 is 0.321 bits per heavy atom. The number of rotatable bonds is 0. The third-order valence-corrected chi connectivity index (χ3v) is 11.9. The Balaban J connectivity index is 0.000000261. The zero-order chi connectivity index (χ0) is 37.0. The molecule has 11 aromatic carbocycles. The van der Waals surface area contributed by atoms with E-state index >= 15 is 0 Å². The fourth-order valence-electron chi connectivity index (χ4n) is 9.36. The number of hydrogen-bond donors (Lipinski definition) is 0. The second kappa shape index (κ2) is 13.4. The van der Waals surface area contributed by atoms with Gasteiger partial charge in [-0.05, 0) is 171 Å². The summed E-state index contributed by atoms with van der Waals surface area (Å²) < 4.78 is 0. The molecule has 0 saturated heterocycles. The summed E-state index contributed by atoms with van der Waals surface area (Å²) in [4.78, 5) is 0. The Hall–Kier alpha value is -7.02. The van der Waals surface area contributed by atoms with E-state index in [4.69, 9.17) is 0 Å². The number of benzene rings is 11. The molecule has 0 nitrogen and oxygen atoms in total. The maximum absolute atomic E-state index is 2.51. The van der Waals surface area contributed by atoms with Crippen LogP contribution in [0.15, 0.2) is 218 Å². The third kappa shape index (κ3) is 5.53. The Morgan fingerprint density at radius 1 is 0.161 bits per heavy atom. The fourth-order valence-corrected chi connectivity index (χ4v) is 9.36. The topological polar surface area (TPSA) is 0 Å². The smallest absolute Gasteiger partial charge is 0.0349 e. The van der Waals surface area contributed by atoms with Gasteiger partial charge < -0.3 is 0 Å². The predicted octanol–water partition coefficient (Wildman–Crippen LogP) is 15.0. The second-order valence-electron chi connectivity index (χ2n) is 15.3. The summed E-state index contributed by atoms with van der Waals surface area (Å²) in [5, 5.41) is 15.8. The van der Waals surface area contributed by atoms with E-state index in [2.05, 4.69) is 146 Å². The highest BCUT2D eigenvalue weighted by molar-refractivity contribution is 6.03. The van der Waals surface area contributed by atoms with Gasteiger partial charge in [-0.1, -0.05) is 146 Å². The summed E-state index contributed by atoms with van der Waals surface area (Å²) in [6.07, 6.45) is 0. The monoisotopic (exact) mass is 710 g/mol. The predicted molar refractivity (Wildman–Crippen MR) is 239 cm³/mol. The highest BCUT2D eigenvalue weighted by Crippen LogP contribution is 2.58. The standard InChI is InChI=1S/C44H26.2C6H6/c1-2-8-26-14-32-20-38-37(19-31(32)13-25(26)7-1)43-39-21-33-15-27-9-3-5-11-29(27)17-35(33)23-41(39)44(38)42-24-36-18-30-12-6-4-10-28(30)16-34(36)22-40(42)43;2*1-2-4-6-5-3-1/h1-24,43-44H;2*1-6H. The van der Waals surface area contributed by atoms with Crippen molar-refractivity contribution in [2.75, 3.05) is 0 Å². The van der Waals surface area contributed by atoms with E-state index < -0.39 is 0 Å². The third-order valence-electron chi connectivity index (χ3n) is 11.9. The van der Waals surface area contributed by atoms with Crippen molar-refractivity contribution < 1.29 is 0 Å². The van der Waals surface area contributed by atoms with Crippen molar-refractivity contribution in [2.45, 2.75) is 11.8 Å². The number of fused-ring (bicyclic) bond motifs is 6. The Labute approximate surface area is 326 Å². The zero-order valence-electron chi connectivity index (χ0n) is 30.9. The molecule has 0 heterocycles. The van der Waals surface area contributed by atoms with Crippen molar-refractivity contribution in [1.82, 2.24) is 0 Å². The lowest BCUT2D eigenvalue weighted by Gasteiger charge is -2.43. The van der Waals surface area contributed by atoms with Gasteiger partial charge in [0.2, 0.25) is 0 Å².